The van der Waals surface area contributed by atoms with Crippen LogP contribution in [0.4, 0.5) is 5.69 Å². The van der Waals surface area contributed by atoms with Crippen LogP contribution in [0.5, 0.6) is 0 Å². The van der Waals surface area contributed by atoms with E-state index in [9.17, 15) is 18.0 Å². The van der Waals surface area contributed by atoms with Gasteiger partial charge in [0, 0.05) is 0 Å². The van der Waals surface area contributed by atoms with Crippen LogP contribution in [0.25, 0.3) is 0 Å². The fourth-order valence-corrected chi connectivity index (χ4v) is 3.24. The molecule has 2 rings (SSSR count). The first-order valence-electron chi connectivity index (χ1n) is 7.17. The van der Waals surface area contributed by atoms with E-state index in [-0.39, 0.29) is 4.90 Å². The van der Waals surface area contributed by atoms with Gasteiger partial charge in [-0.1, -0.05) is 36.4 Å². The minimum atomic E-state index is -3.82. The molecule has 0 aliphatic carbocycles. The molecule has 0 saturated heterocycles. The molecule has 0 aromatic heterocycles. The van der Waals surface area contributed by atoms with Crippen molar-refractivity contribution in [1.82, 2.24) is 0 Å². The van der Waals surface area contributed by atoms with Crippen molar-refractivity contribution in [1.29, 1.82) is 0 Å². The minimum Gasteiger partial charge on any atom is -0.297 e. The maximum Gasteiger partial charge on any atom is 0.188 e. The molecule has 0 amide bonds. The van der Waals surface area contributed by atoms with Gasteiger partial charge < -0.3 is 0 Å². The van der Waals surface area contributed by atoms with Gasteiger partial charge in [-0.25, -0.2) is 8.42 Å². The number of hydrogen-bond acceptors (Lipinski definition) is 6. The Hall–Kier alpha value is -2.67. The molecular weight excluding hydrogens is 328 g/mol. The molecule has 1 atom stereocenters. The lowest BCUT2D eigenvalue weighted by Crippen LogP contribution is -2.31. The maximum absolute atomic E-state index is 12.2. The van der Waals surface area contributed by atoms with Crippen molar-refractivity contribution in [2.45, 2.75) is 17.9 Å². The number of Topliss-reactive ketones (excluding diaryl/α,β-unsaturated/α-hetero) is 2. The average molecular weight is 344 g/mol. The SMILES string of the molecule is CC(=O)[C@@H](N=Nc1ccccc1)C(=O)CS(=O)(=O)c1ccccc1. The van der Waals surface area contributed by atoms with Crippen LogP contribution in [0, 0.1) is 0 Å². The second kappa shape index (κ2) is 7.74. The molecule has 124 valence electrons. The van der Waals surface area contributed by atoms with Gasteiger partial charge in [0.2, 0.25) is 0 Å². The molecule has 0 N–H and O–H groups in total. The highest BCUT2D eigenvalue weighted by molar-refractivity contribution is 7.92. The number of sulfone groups is 1. The van der Waals surface area contributed by atoms with Crippen molar-refractivity contribution in [2.24, 2.45) is 10.2 Å². The summed E-state index contributed by atoms with van der Waals surface area (Å²) in [7, 11) is -3.82. The maximum atomic E-state index is 12.2. The fraction of sp³-hybridized carbons (Fsp3) is 0.176. The van der Waals surface area contributed by atoms with Gasteiger partial charge in [-0.3, -0.25) is 9.59 Å². The van der Waals surface area contributed by atoms with Gasteiger partial charge in [-0.05, 0) is 31.2 Å². The molecule has 0 unspecified atom stereocenters. The molecule has 0 heterocycles. The molecule has 0 aliphatic rings. The van der Waals surface area contributed by atoms with Crippen LogP contribution in [-0.2, 0) is 19.4 Å². The van der Waals surface area contributed by atoms with E-state index in [1.165, 1.54) is 19.1 Å². The minimum absolute atomic E-state index is 0.0284. The second-order valence-corrected chi connectivity index (χ2v) is 7.09. The zero-order valence-corrected chi connectivity index (χ0v) is 13.8. The molecule has 0 bridgehead atoms. The van der Waals surface area contributed by atoms with E-state index in [1.807, 2.05) is 0 Å². The number of ketones is 2. The summed E-state index contributed by atoms with van der Waals surface area (Å²) in [5.74, 6) is -2.15. The highest BCUT2D eigenvalue weighted by Gasteiger charge is 2.28. The molecule has 0 radical (unpaired) electrons. The first-order chi connectivity index (χ1) is 11.4. The van der Waals surface area contributed by atoms with Crippen molar-refractivity contribution in [2.75, 3.05) is 5.75 Å². The summed E-state index contributed by atoms with van der Waals surface area (Å²) in [6, 6.07) is 14.8. The average Bonchev–Trinajstić information content (AvgIpc) is 2.56. The third-order valence-corrected chi connectivity index (χ3v) is 4.82. The molecular formula is C17H16N2O4S. The van der Waals surface area contributed by atoms with Crippen molar-refractivity contribution in [3.05, 3.63) is 60.7 Å². The smallest absolute Gasteiger partial charge is 0.188 e. The number of nitrogens with zero attached hydrogens (tertiary/aromatic N) is 2. The van der Waals surface area contributed by atoms with Crippen molar-refractivity contribution in [3.63, 3.8) is 0 Å². The molecule has 0 saturated carbocycles. The van der Waals surface area contributed by atoms with Crippen molar-refractivity contribution >= 4 is 27.1 Å². The summed E-state index contributed by atoms with van der Waals surface area (Å²) in [4.78, 5) is 23.9. The Balaban J connectivity index is 2.18. The van der Waals surface area contributed by atoms with Gasteiger partial charge in [0.1, 0.15) is 5.75 Å². The highest BCUT2D eigenvalue weighted by Crippen LogP contribution is 2.14. The number of rotatable bonds is 7. The Kier molecular flexibility index (Phi) is 5.70. The summed E-state index contributed by atoms with van der Waals surface area (Å²) in [6.07, 6.45) is 0. The molecule has 0 spiro atoms. The van der Waals surface area contributed by atoms with Gasteiger partial charge in [0.05, 0.1) is 10.6 Å². The Labute approximate surface area is 140 Å². The summed E-state index contributed by atoms with van der Waals surface area (Å²) in [5.41, 5.74) is 0.475. The Bertz CT molecular complexity index is 847. The molecule has 6 nitrogen and oxygen atoms in total. The van der Waals surface area contributed by atoms with E-state index >= 15 is 0 Å². The van der Waals surface area contributed by atoms with Crippen LogP contribution in [-0.4, -0.2) is 31.8 Å². The van der Waals surface area contributed by atoms with Crippen LogP contribution in [0.2, 0.25) is 0 Å². The molecule has 24 heavy (non-hydrogen) atoms. The van der Waals surface area contributed by atoms with Crippen LogP contribution in [0.1, 0.15) is 6.92 Å². The number of azo groups is 1. The van der Waals surface area contributed by atoms with E-state index in [0.29, 0.717) is 5.69 Å². The third-order valence-electron chi connectivity index (χ3n) is 3.17. The lowest BCUT2D eigenvalue weighted by Gasteiger charge is -2.08. The summed E-state index contributed by atoms with van der Waals surface area (Å²) < 4.78 is 24.5. The highest BCUT2D eigenvalue weighted by atomic mass is 32.2. The summed E-state index contributed by atoms with van der Waals surface area (Å²) in [5, 5.41) is 7.57. The van der Waals surface area contributed by atoms with Gasteiger partial charge in [0.25, 0.3) is 0 Å². The third kappa shape index (κ3) is 4.66. The normalized spacial score (nSPS) is 12.9. The first kappa shape index (κ1) is 17.7. The molecule has 2 aromatic rings. The largest absolute Gasteiger partial charge is 0.297 e. The molecule has 7 heteroatoms. The van der Waals surface area contributed by atoms with Gasteiger partial charge >= 0.3 is 0 Å². The summed E-state index contributed by atoms with van der Waals surface area (Å²) in [6.45, 7) is 1.18. The van der Waals surface area contributed by atoms with Crippen LogP contribution in [0.3, 0.4) is 0 Å². The van der Waals surface area contributed by atoms with Crippen LogP contribution < -0.4 is 0 Å². The van der Waals surface area contributed by atoms with E-state index in [0.717, 1.165) is 0 Å². The van der Waals surface area contributed by atoms with Crippen LogP contribution in [0.15, 0.2) is 75.8 Å². The van der Waals surface area contributed by atoms with Gasteiger partial charge in [-0.15, -0.1) is 0 Å². The topological polar surface area (TPSA) is 93.0 Å². The summed E-state index contributed by atoms with van der Waals surface area (Å²) >= 11 is 0. The number of carbonyl (C=O) groups excluding carboxylic acids is 2. The quantitative estimate of drug-likeness (QED) is 0.570. The van der Waals surface area contributed by atoms with E-state index in [4.69, 9.17) is 0 Å². The number of hydrogen-bond donors (Lipinski definition) is 0. The van der Waals surface area contributed by atoms with Crippen LogP contribution >= 0.6 is 0 Å². The number of benzene rings is 2. The lowest BCUT2D eigenvalue weighted by molar-refractivity contribution is -0.126. The van der Waals surface area contributed by atoms with Gasteiger partial charge in [0.15, 0.2) is 27.4 Å². The molecule has 0 fully saturated rings. The van der Waals surface area contributed by atoms with E-state index in [1.54, 1.807) is 48.5 Å². The molecule has 2 aromatic carbocycles. The lowest BCUT2D eigenvalue weighted by atomic mass is 10.1. The standard InChI is InChI=1S/C17H16N2O4S/c1-13(20)17(19-18-14-8-4-2-5-9-14)16(21)12-24(22,23)15-10-6-3-7-11-15/h2-11,17H,12H2,1H3/t17-/m1/s1. The zero-order valence-electron chi connectivity index (χ0n) is 13.0. The van der Waals surface area contributed by atoms with Gasteiger partial charge in [-0.2, -0.15) is 10.2 Å². The Morgan fingerprint density at radius 3 is 2.04 bits per heavy atom. The van der Waals surface area contributed by atoms with E-state index < -0.39 is 33.2 Å². The van der Waals surface area contributed by atoms with Crippen molar-refractivity contribution < 1.29 is 18.0 Å². The van der Waals surface area contributed by atoms with Crippen molar-refractivity contribution in [3.8, 4) is 0 Å². The first-order valence-corrected chi connectivity index (χ1v) is 8.82. The Morgan fingerprint density at radius 2 is 1.50 bits per heavy atom. The monoisotopic (exact) mass is 344 g/mol. The molecule has 0 aliphatic heterocycles. The predicted molar refractivity (Wildman–Crippen MR) is 88.9 cm³/mol. The zero-order chi connectivity index (χ0) is 17.6. The second-order valence-electron chi connectivity index (χ2n) is 5.10. The number of carbonyl (C=O) groups is 2. The predicted octanol–water partition coefficient (Wildman–Crippen LogP) is 2.77. The van der Waals surface area contributed by atoms with E-state index in [2.05, 4.69) is 10.2 Å². The Morgan fingerprint density at radius 1 is 0.958 bits per heavy atom. The fourth-order valence-electron chi connectivity index (χ4n) is 1.97.